The molecule has 0 fully saturated rings. The van der Waals surface area contributed by atoms with Gasteiger partial charge in [-0.05, 0) is 25.3 Å². The zero-order valence-electron chi connectivity index (χ0n) is 11.0. The fourth-order valence-corrected chi connectivity index (χ4v) is 3.08. The van der Waals surface area contributed by atoms with Crippen molar-refractivity contribution in [3.05, 3.63) is 46.7 Å². The summed E-state index contributed by atoms with van der Waals surface area (Å²) in [4.78, 5) is 24.0. The fraction of sp³-hybridized carbons (Fsp3) is 0.375. The lowest BCUT2D eigenvalue weighted by Crippen LogP contribution is -2.36. The summed E-state index contributed by atoms with van der Waals surface area (Å²) in [5.41, 5.74) is 3.95. The van der Waals surface area contributed by atoms with Crippen LogP contribution in [0.3, 0.4) is 0 Å². The van der Waals surface area contributed by atoms with Gasteiger partial charge in [0, 0.05) is 30.0 Å². The molecule has 0 saturated heterocycles. The molecule has 19 heavy (non-hydrogen) atoms. The summed E-state index contributed by atoms with van der Waals surface area (Å²) in [6.07, 6.45) is 2.65. The van der Waals surface area contributed by atoms with E-state index < -0.39 is 0 Å². The van der Waals surface area contributed by atoms with Crippen molar-refractivity contribution in [3.63, 3.8) is 0 Å². The summed E-state index contributed by atoms with van der Waals surface area (Å²) in [5.74, 6) is 0.171. The summed E-state index contributed by atoms with van der Waals surface area (Å²) in [5, 5.41) is 2.88. The van der Waals surface area contributed by atoms with Gasteiger partial charge in [-0.2, -0.15) is 0 Å². The first-order valence-electron chi connectivity index (χ1n) is 6.78. The molecule has 1 amide bonds. The predicted octanol–water partition coefficient (Wildman–Crippen LogP) is 2.61. The molecule has 0 bridgehead atoms. The van der Waals surface area contributed by atoms with Gasteiger partial charge >= 0.3 is 0 Å². The summed E-state index contributed by atoms with van der Waals surface area (Å²) < 4.78 is 0. The number of hydrogen-bond donors (Lipinski definition) is 1. The maximum Gasteiger partial charge on any atom is 0.225 e. The Morgan fingerprint density at radius 3 is 2.84 bits per heavy atom. The highest BCUT2D eigenvalue weighted by molar-refractivity contribution is 6.01. The lowest BCUT2D eigenvalue weighted by molar-refractivity contribution is -0.122. The average Bonchev–Trinajstić information content (AvgIpc) is 2.37. The number of aryl methyl sites for hydroxylation is 1. The normalized spacial score (nSPS) is 23.1. The van der Waals surface area contributed by atoms with E-state index in [1.807, 2.05) is 25.1 Å². The molecule has 3 rings (SSSR count). The topological polar surface area (TPSA) is 46.2 Å². The Balaban J connectivity index is 2.08. The first-order valence-corrected chi connectivity index (χ1v) is 6.78. The standard InChI is InChI=1S/C16H17NO2/c1-10-4-2-5-11(8-10)12-9-15(19)17-13-6-3-7-14(18)16(12)13/h2,4-5,8,12H,3,6-7,9H2,1H3,(H,17,19)/t12-/m1/s1. The monoisotopic (exact) mass is 255 g/mol. The van der Waals surface area contributed by atoms with Crippen LogP contribution in [0.15, 0.2) is 35.5 Å². The molecule has 1 aliphatic carbocycles. The Labute approximate surface area is 112 Å². The molecule has 0 aromatic heterocycles. The maximum absolute atomic E-state index is 12.2. The van der Waals surface area contributed by atoms with Crippen LogP contribution in [0.5, 0.6) is 0 Å². The predicted molar refractivity (Wildman–Crippen MR) is 72.6 cm³/mol. The Morgan fingerprint density at radius 1 is 1.21 bits per heavy atom. The highest BCUT2D eigenvalue weighted by Crippen LogP contribution is 2.37. The van der Waals surface area contributed by atoms with Gasteiger partial charge in [-0.15, -0.1) is 0 Å². The number of nitrogens with one attached hydrogen (secondary N) is 1. The second-order valence-electron chi connectivity index (χ2n) is 5.39. The number of hydrogen-bond acceptors (Lipinski definition) is 2. The zero-order valence-corrected chi connectivity index (χ0v) is 11.0. The number of allylic oxidation sites excluding steroid dienone is 2. The van der Waals surface area contributed by atoms with E-state index in [1.54, 1.807) is 0 Å². The molecule has 1 aromatic rings. The van der Waals surface area contributed by atoms with Crippen molar-refractivity contribution in [3.8, 4) is 0 Å². The van der Waals surface area contributed by atoms with Gasteiger partial charge in [0.25, 0.3) is 0 Å². The van der Waals surface area contributed by atoms with E-state index in [-0.39, 0.29) is 17.6 Å². The quantitative estimate of drug-likeness (QED) is 0.838. The molecule has 1 N–H and O–H groups in total. The molecular weight excluding hydrogens is 238 g/mol. The van der Waals surface area contributed by atoms with Crippen LogP contribution in [0, 0.1) is 6.92 Å². The number of ketones is 1. The van der Waals surface area contributed by atoms with Crippen LogP contribution >= 0.6 is 0 Å². The molecule has 0 spiro atoms. The first-order chi connectivity index (χ1) is 9.15. The van der Waals surface area contributed by atoms with E-state index in [0.29, 0.717) is 12.8 Å². The second kappa shape index (κ2) is 4.65. The number of amides is 1. The molecule has 1 atom stereocenters. The smallest absolute Gasteiger partial charge is 0.225 e. The van der Waals surface area contributed by atoms with Crippen LogP contribution in [0.1, 0.15) is 42.7 Å². The molecule has 0 saturated carbocycles. The largest absolute Gasteiger partial charge is 0.329 e. The first kappa shape index (κ1) is 12.2. The molecule has 0 radical (unpaired) electrons. The second-order valence-corrected chi connectivity index (χ2v) is 5.39. The van der Waals surface area contributed by atoms with E-state index in [9.17, 15) is 9.59 Å². The number of carbonyl (C=O) groups is 2. The van der Waals surface area contributed by atoms with Gasteiger partial charge in [0.15, 0.2) is 5.78 Å². The molecular formula is C16H17NO2. The Kier molecular flexibility index (Phi) is 2.97. The van der Waals surface area contributed by atoms with Crippen molar-refractivity contribution in [1.82, 2.24) is 5.32 Å². The van der Waals surface area contributed by atoms with Crippen molar-refractivity contribution < 1.29 is 9.59 Å². The van der Waals surface area contributed by atoms with Gasteiger partial charge in [-0.1, -0.05) is 29.8 Å². The van der Waals surface area contributed by atoms with Crippen molar-refractivity contribution in [2.24, 2.45) is 0 Å². The van der Waals surface area contributed by atoms with Crippen molar-refractivity contribution >= 4 is 11.7 Å². The lowest BCUT2D eigenvalue weighted by atomic mass is 9.78. The van der Waals surface area contributed by atoms with Crippen LogP contribution in [-0.4, -0.2) is 11.7 Å². The van der Waals surface area contributed by atoms with Gasteiger partial charge in [-0.25, -0.2) is 0 Å². The average molecular weight is 255 g/mol. The minimum Gasteiger partial charge on any atom is -0.329 e. The Hall–Kier alpha value is -1.90. The van der Waals surface area contributed by atoms with Crippen LogP contribution < -0.4 is 5.32 Å². The fourth-order valence-electron chi connectivity index (χ4n) is 3.08. The van der Waals surface area contributed by atoms with Crippen LogP contribution in [0.2, 0.25) is 0 Å². The minimum atomic E-state index is -0.0588. The van der Waals surface area contributed by atoms with Gasteiger partial charge in [0.1, 0.15) is 0 Å². The number of Topliss-reactive ketones (excluding diaryl/α,β-unsaturated/α-hetero) is 1. The SMILES string of the molecule is Cc1cccc([C@H]2CC(=O)NC3=C2C(=O)CCC3)c1. The van der Waals surface area contributed by atoms with E-state index in [1.165, 1.54) is 0 Å². The maximum atomic E-state index is 12.2. The molecule has 1 aromatic carbocycles. The van der Waals surface area contributed by atoms with Gasteiger partial charge in [0.2, 0.25) is 5.91 Å². The molecule has 0 unspecified atom stereocenters. The molecule has 1 aliphatic heterocycles. The third-order valence-electron chi connectivity index (χ3n) is 3.93. The van der Waals surface area contributed by atoms with Crippen molar-refractivity contribution in [1.29, 1.82) is 0 Å². The third kappa shape index (κ3) is 2.21. The molecule has 98 valence electrons. The summed E-state index contributed by atoms with van der Waals surface area (Å²) in [6, 6.07) is 8.12. The van der Waals surface area contributed by atoms with Crippen molar-refractivity contribution in [2.75, 3.05) is 0 Å². The Bertz CT molecular complexity index is 586. The highest BCUT2D eigenvalue weighted by atomic mass is 16.2. The molecule has 3 heteroatoms. The lowest BCUT2D eigenvalue weighted by Gasteiger charge is -2.31. The van der Waals surface area contributed by atoms with Crippen LogP contribution in [-0.2, 0) is 9.59 Å². The summed E-state index contributed by atoms with van der Waals surface area (Å²) in [6.45, 7) is 2.03. The number of benzene rings is 1. The van der Waals surface area contributed by atoms with Gasteiger partial charge in [-0.3, -0.25) is 9.59 Å². The van der Waals surface area contributed by atoms with E-state index in [4.69, 9.17) is 0 Å². The third-order valence-corrected chi connectivity index (χ3v) is 3.93. The minimum absolute atomic E-state index is 0.0277. The zero-order chi connectivity index (χ0) is 13.4. The summed E-state index contributed by atoms with van der Waals surface area (Å²) >= 11 is 0. The molecule has 2 aliphatic rings. The van der Waals surface area contributed by atoms with Crippen LogP contribution in [0.25, 0.3) is 0 Å². The van der Waals surface area contributed by atoms with Crippen LogP contribution in [0.4, 0.5) is 0 Å². The van der Waals surface area contributed by atoms with Gasteiger partial charge < -0.3 is 5.32 Å². The van der Waals surface area contributed by atoms with E-state index in [0.717, 1.165) is 35.2 Å². The Morgan fingerprint density at radius 2 is 2.05 bits per heavy atom. The van der Waals surface area contributed by atoms with Gasteiger partial charge in [0.05, 0.1) is 0 Å². The molecule has 3 nitrogen and oxygen atoms in total. The highest BCUT2D eigenvalue weighted by Gasteiger charge is 2.34. The van der Waals surface area contributed by atoms with E-state index >= 15 is 0 Å². The van der Waals surface area contributed by atoms with Crippen molar-refractivity contribution in [2.45, 2.75) is 38.5 Å². The molecule has 1 heterocycles. The number of carbonyl (C=O) groups excluding carboxylic acids is 2. The number of rotatable bonds is 1. The van der Waals surface area contributed by atoms with E-state index in [2.05, 4.69) is 11.4 Å². The summed E-state index contributed by atoms with van der Waals surface area (Å²) in [7, 11) is 0.